The van der Waals surface area contributed by atoms with Crippen molar-refractivity contribution >= 4 is 57.3 Å². The molecule has 8 nitrogen and oxygen atoms in total. The number of ether oxygens (including phenoxy) is 2. The van der Waals surface area contributed by atoms with Crippen LogP contribution in [0.1, 0.15) is 16.7 Å². The second kappa shape index (κ2) is 11.9. The number of fused-ring (bicyclic) bond motifs is 1. The van der Waals surface area contributed by atoms with Gasteiger partial charge in [0.15, 0.2) is 11.5 Å². The Kier molecular flexibility index (Phi) is 8.18. The molecule has 40 heavy (non-hydrogen) atoms. The first kappa shape index (κ1) is 27.4. The number of nitrogens with one attached hydrogen (secondary N) is 1. The number of benzene rings is 3. The number of amides is 3. The molecule has 0 spiro atoms. The molecule has 204 valence electrons. The second-order valence-corrected chi connectivity index (χ2v) is 10.8. The molecule has 0 bridgehead atoms. The monoisotopic (exact) mass is 573 g/mol. The van der Waals surface area contributed by atoms with Crippen molar-refractivity contribution < 1.29 is 23.9 Å². The van der Waals surface area contributed by atoms with Crippen LogP contribution in [0.2, 0.25) is 0 Å². The van der Waals surface area contributed by atoms with E-state index < -0.39 is 5.91 Å². The lowest BCUT2D eigenvalue weighted by Gasteiger charge is -2.17. The van der Waals surface area contributed by atoms with Crippen molar-refractivity contribution in [2.24, 2.45) is 0 Å². The molecule has 2 heterocycles. The summed E-state index contributed by atoms with van der Waals surface area (Å²) in [5, 5.41) is 2.87. The molecule has 1 N–H and O–H groups in total. The number of methoxy groups -OCH3 is 2. The molecule has 1 fully saturated rings. The van der Waals surface area contributed by atoms with Gasteiger partial charge in [0.1, 0.15) is 10.9 Å². The van der Waals surface area contributed by atoms with Gasteiger partial charge >= 0.3 is 0 Å². The molecule has 2 aliphatic heterocycles. The van der Waals surface area contributed by atoms with E-state index in [2.05, 4.69) is 5.32 Å². The molecule has 3 amide bonds. The largest absolute Gasteiger partial charge is 0.493 e. The molecule has 5 rings (SSSR count). The van der Waals surface area contributed by atoms with Gasteiger partial charge in [-0.1, -0.05) is 78.6 Å². The molecule has 0 radical (unpaired) electrons. The fourth-order valence-electron chi connectivity index (χ4n) is 4.67. The Labute approximate surface area is 241 Å². The zero-order valence-corrected chi connectivity index (χ0v) is 23.6. The number of rotatable bonds is 9. The number of para-hydroxylation sites is 1. The highest BCUT2D eigenvalue weighted by Crippen LogP contribution is 2.44. The Morgan fingerprint density at radius 2 is 1.60 bits per heavy atom. The molecular weight excluding hydrogens is 546 g/mol. The predicted molar refractivity (Wildman–Crippen MR) is 159 cm³/mol. The van der Waals surface area contributed by atoms with Crippen molar-refractivity contribution in [3.05, 3.63) is 94.4 Å². The van der Waals surface area contributed by atoms with Crippen LogP contribution in [0.4, 0.5) is 5.69 Å². The van der Waals surface area contributed by atoms with Crippen LogP contribution in [0, 0.1) is 0 Å². The van der Waals surface area contributed by atoms with E-state index in [0.29, 0.717) is 46.6 Å². The number of hydrogen-bond acceptors (Lipinski definition) is 7. The number of carbonyl (C=O) groups excluding carboxylic acids is 3. The van der Waals surface area contributed by atoms with Gasteiger partial charge in [0.05, 0.1) is 30.4 Å². The number of thioether (sulfide) groups is 1. The molecule has 3 aromatic carbocycles. The van der Waals surface area contributed by atoms with Crippen LogP contribution in [0.5, 0.6) is 11.5 Å². The number of nitrogens with zero attached hydrogens (tertiary/aromatic N) is 2. The van der Waals surface area contributed by atoms with Crippen LogP contribution >= 0.6 is 24.0 Å². The van der Waals surface area contributed by atoms with Crippen molar-refractivity contribution in [3.63, 3.8) is 0 Å². The van der Waals surface area contributed by atoms with Crippen molar-refractivity contribution in [3.8, 4) is 11.5 Å². The Morgan fingerprint density at radius 3 is 2.35 bits per heavy atom. The molecule has 1 saturated heterocycles. The standard InChI is InChI=1S/C30H27N3O5S2/c1-37-23-13-12-19(16-24(23)38-2)14-15-32-29(36)27(40-30(32)39)26-21-10-6-7-11-22(21)33(28(26)35)18-25(34)31-17-20-8-4-3-5-9-20/h3-13,16H,14-15,17-18H2,1-2H3,(H,31,34)/b27-26-. The van der Waals surface area contributed by atoms with E-state index in [9.17, 15) is 14.4 Å². The van der Waals surface area contributed by atoms with Crippen molar-refractivity contribution in [1.82, 2.24) is 10.2 Å². The third-order valence-electron chi connectivity index (χ3n) is 6.71. The summed E-state index contributed by atoms with van der Waals surface area (Å²) in [4.78, 5) is 43.2. The predicted octanol–water partition coefficient (Wildman–Crippen LogP) is 4.18. The zero-order chi connectivity index (χ0) is 28.2. The highest BCUT2D eigenvalue weighted by Gasteiger charge is 2.42. The van der Waals surface area contributed by atoms with Crippen molar-refractivity contribution in [2.75, 3.05) is 32.2 Å². The summed E-state index contributed by atoms with van der Waals surface area (Å²) in [6.07, 6.45) is 0.535. The fraction of sp³-hybridized carbons (Fsp3) is 0.200. The van der Waals surface area contributed by atoms with Crippen LogP contribution in [0.3, 0.4) is 0 Å². The van der Waals surface area contributed by atoms with Gasteiger partial charge in [-0.05, 0) is 35.7 Å². The van der Waals surface area contributed by atoms with Gasteiger partial charge in [-0.25, -0.2) is 0 Å². The summed E-state index contributed by atoms with van der Waals surface area (Å²) in [5.74, 6) is 0.225. The number of hydrogen-bond donors (Lipinski definition) is 1. The van der Waals surface area contributed by atoms with E-state index >= 15 is 0 Å². The second-order valence-electron chi connectivity index (χ2n) is 9.14. The van der Waals surface area contributed by atoms with Crippen molar-refractivity contribution in [2.45, 2.75) is 13.0 Å². The third kappa shape index (κ3) is 5.45. The van der Waals surface area contributed by atoms with Crippen LogP contribution in [0.25, 0.3) is 5.57 Å². The molecule has 0 saturated carbocycles. The first-order valence-electron chi connectivity index (χ1n) is 12.6. The summed E-state index contributed by atoms with van der Waals surface area (Å²) in [5.41, 5.74) is 3.39. The van der Waals surface area contributed by atoms with Gasteiger partial charge in [-0.3, -0.25) is 24.2 Å². The topological polar surface area (TPSA) is 88.2 Å². The smallest absolute Gasteiger partial charge is 0.267 e. The lowest BCUT2D eigenvalue weighted by molar-refractivity contribution is -0.122. The first-order valence-corrected chi connectivity index (χ1v) is 13.8. The van der Waals surface area contributed by atoms with Gasteiger partial charge in [-0.15, -0.1) is 0 Å². The molecular formula is C30H27N3O5S2. The maximum atomic E-state index is 13.7. The van der Waals surface area contributed by atoms with Crippen LogP contribution in [-0.4, -0.2) is 54.3 Å². The van der Waals surface area contributed by atoms with E-state index in [1.807, 2.05) is 54.6 Å². The van der Waals surface area contributed by atoms with E-state index in [-0.39, 0.29) is 28.8 Å². The van der Waals surface area contributed by atoms with Gasteiger partial charge in [0.25, 0.3) is 11.8 Å². The molecule has 0 aliphatic carbocycles. The van der Waals surface area contributed by atoms with E-state index in [1.165, 1.54) is 9.80 Å². The molecule has 0 aromatic heterocycles. The Bertz CT molecular complexity index is 1520. The number of thiocarbonyl (C=S) groups is 1. The van der Waals surface area contributed by atoms with Crippen molar-refractivity contribution in [1.29, 1.82) is 0 Å². The summed E-state index contributed by atoms with van der Waals surface area (Å²) in [6, 6.07) is 22.3. The minimum atomic E-state index is -0.392. The van der Waals surface area contributed by atoms with Crippen LogP contribution < -0.4 is 19.7 Å². The van der Waals surface area contributed by atoms with E-state index in [1.54, 1.807) is 32.4 Å². The third-order valence-corrected chi connectivity index (χ3v) is 8.15. The maximum absolute atomic E-state index is 13.7. The average Bonchev–Trinajstić information content (AvgIpc) is 3.41. The summed E-state index contributed by atoms with van der Waals surface area (Å²) < 4.78 is 11.1. The Morgan fingerprint density at radius 1 is 0.875 bits per heavy atom. The minimum absolute atomic E-state index is 0.161. The van der Waals surface area contributed by atoms with Gasteiger partial charge < -0.3 is 14.8 Å². The van der Waals surface area contributed by atoms with E-state index in [4.69, 9.17) is 21.7 Å². The molecule has 0 atom stereocenters. The summed E-state index contributed by atoms with van der Waals surface area (Å²) in [7, 11) is 3.15. The SMILES string of the molecule is COc1ccc(CCN2C(=O)/C(=C3/C(=O)N(CC(=O)NCc4ccccc4)c4ccccc43)SC2=S)cc1OC. The molecule has 10 heteroatoms. The summed E-state index contributed by atoms with van der Waals surface area (Å²) >= 11 is 6.67. The average molecular weight is 574 g/mol. The van der Waals surface area contributed by atoms with Gasteiger partial charge in [-0.2, -0.15) is 0 Å². The normalized spacial score (nSPS) is 16.4. The highest BCUT2D eigenvalue weighted by atomic mass is 32.2. The lowest BCUT2D eigenvalue weighted by atomic mass is 10.1. The van der Waals surface area contributed by atoms with Gasteiger partial charge in [0, 0.05) is 18.7 Å². The number of carbonyl (C=O) groups is 3. The molecule has 0 unspecified atom stereocenters. The molecule has 2 aliphatic rings. The molecule has 3 aromatic rings. The number of anilines is 1. The Hall–Kier alpha value is -4.15. The fourth-order valence-corrected chi connectivity index (χ4v) is 6.05. The highest BCUT2D eigenvalue weighted by molar-refractivity contribution is 8.26. The van der Waals surface area contributed by atoms with Crippen LogP contribution in [-0.2, 0) is 27.3 Å². The maximum Gasteiger partial charge on any atom is 0.267 e. The summed E-state index contributed by atoms with van der Waals surface area (Å²) in [6.45, 7) is 0.541. The quantitative estimate of drug-likeness (QED) is 0.304. The lowest BCUT2D eigenvalue weighted by Crippen LogP contribution is -2.38. The first-order chi connectivity index (χ1) is 19.4. The minimum Gasteiger partial charge on any atom is -0.493 e. The van der Waals surface area contributed by atoms with Crippen LogP contribution in [0.15, 0.2) is 77.7 Å². The van der Waals surface area contributed by atoms with Gasteiger partial charge in [0.2, 0.25) is 5.91 Å². The van der Waals surface area contributed by atoms with E-state index in [0.717, 1.165) is 22.9 Å². The zero-order valence-electron chi connectivity index (χ0n) is 22.0. The Balaban J connectivity index is 1.33.